The van der Waals surface area contributed by atoms with Gasteiger partial charge in [-0.15, -0.1) is 11.3 Å². The predicted octanol–water partition coefficient (Wildman–Crippen LogP) is 8.30. The molecule has 5 rings (SSSR count). The third-order valence-electron chi connectivity index (χ3n) is 5.43. The van der Waals surface area contributed by atoms with E-state index in [9.17, 15) is 40.2 Å². The fraction of sp³-hybridized carbons (Fsp3) is 0.0385. The summed E-state index contributed by atoms with van der Waals surface area (Å²) in [6.45, 7) is 0. The first-order valence-electron chi connectivity index (χ1n) is 10.5. The summed E-state index contributed by atoms with van der Waals surface area (Å²) in [5, 5.41) is 9.66. The van der Waals surface area contributed by atoms with Crippen LogP contribution < -0.4 is 4.74 Å². The highest BCUT2D eigenvalue weighted by atomic mass is 32.1. The Kier molecular flexibility index (Phi) is 6.22. The van der Waals surface area contributed by atoms with Gasteiger partial charge < -0.3 is 9.84 Å². The number of thiazole rings is 1. The number of phenolic OH excluding ortho intramolecular Hbond substituents is 1. The van der Waals surface area contributed by atoms with Crippen LogP contribution in [0.15, 0.2) is 60.7 Å². The average molecular weight is 553 g/mol. The molecule has 1 N–H and O–H groups in total. The molecule has 0 aliphatic carbocycles. The largest absolute Gasteiger partial charge is 0.508 e. The molecule has 1 heterocycles. The quantitative estimate of drug-likeness (QED) is 0.176. The van der Waals surface area contributed by atoms with Crippen LogP contribution in [0.5, 0.6) is 11.5 Å². The van der Waals surface area contributed by atoms with Crippen LogP contribution in [0.2, 0.25) is 0 Å². The molecule has 0 bridgehead atoms. The summed E-state index contributed by atoms with van der Waals surface area (Å²) in [7, 11) is 0. The first-order valence-corrected chi connectivity index (χ1v) is 11.4. The monoisotopic (exact) mass is 553 g/mol. The number of benzene rings is 4. The lowest BCUT2D eigenvalue weighted by molar-refractivity contribution is -0.189. The lowest BCUT2D eigenvalue weighted by Gasteiger charge is -2.20. The van der Waals surface area contributed by atoms with Gasteiger partial charge >= 0.3 is 6.11 Å². The van der Waals surface area contributed by atoms with Crippen molar-refractivity contribution in [2.75, 3.05) is 0 Å². The predicted molar refractivity (Wildman–Crippen MR) is 123 cm³/mol. The van der Waals surface area contributed by atoms with Crippen LogP contribution in [-0.4, -0.2) is 10.1 Å². The number of hydrogen-bond acceptors (Lipinski definition) is 4. The maximum absolute atomic E-state index is 14.8. The summed E-state index contributed by atoms with van der Waals surface area (Å²) < 4.78 is 119. The van der Waals surface area contributed by atoms with E-state index >= 15 is 0 Å². The van der Waals surface area contributed by atoms with Crippen LogP contribution in [0, 0.1) is 34.9 Å². The fourth-order valence-corrected chi connectivity index (χ4v) is 4.70. The van der Waals surface area contributed by atoms with Crippen molar-refractivity contribution >= 4 is 21.6 Å². The third-order valence-corrected chi connectivity index (χ3v) is 6.50. The Morgan fingerprint density at radius 2 is 1.34 bits per heavy atom. The molecule has 0 radical (unpaired) electrons. The highest BCUT2D eigenvalue weighted by molar-refractivity contribution is 7.21. The normalized spacial score (nSPS) is 11.8. The number of hydrogen-bond donors (Lipinski definition) is 1. The SMILES string of the molecule is Oc1ccc2nc(-c3cc(F)c(C(F)(F)Oc4ccc(-c5cc(F)c(F)c(F)c5)c(F)c4)c(F)c3)sc2c1. The molecule has 0 amide bonds. The second-order valence-electron chi connectivity index (χ2n) is 8.00. The maximum Gasteiger partial charge on any atom is 0.432 e. The number of aromatic nitrogens is 1. The fourth-order valence-electron chi connectivity index (χ4n) is 3.71. The topological polar surface area (TPSA) is 42.4 Å². The van der Waals surface area contributed by atoms with E-state index in [1.807, 2.05) is 0 Å². The number of nitrogens with zero attached hydrogens (tertiary/aromatic N) is 1. The van der Waals surface area contributed by atoms with Gasteiger partial charge in [0, 0.05) is 17.2 Å². The van der Waals surface area contributed by atoms with Gasteiger partial charge in [-0.1, -0.05) is 0 Å². The highest BCUT2D eigenvalue weighted by Gasteiger charge is 2.41. The zero-order chi connectivity index (χ0) is 27.4. The van der Waals surface area contributed by atoms with Crippen LogP contribution >= 0.6 is 11.3 Å². The van der Waals surface area contributed by atoms with E-state index in [2.05, 4.69) is 9.72 Å². The molecule has 0 fully saturated rings. The molecule has 0 saturated carbocycles. The summed E-state index contributed by atoms with van der Waals surface area (Å²) in [5.41, 5.74) is -2.36. The first-order chi connectivity index (χ1) is 17.9. The van der Waals surface area contributed by atoms with Crippen molar-refractivity contribution in [2.24, 2.45) is 0 Å². The van der Waals surface area contributed by atoms with E-state index in [1.165, 1.54) is 18.2 Å². The van der Waals surface area contributed by atoms with Crippen molar-refractivity contribution in [3.05, 3.63) is 101 Å². The van der Waals surface area contributed by atoms with Gasteiger partial charge in [-0.05, 0) is 60.2 Å². The summed E-state index contributed by atoms with van der Waals surface area (Å²) >= 11 is 0.969. The van der Waals surface area contributed by atoms with Crippen molar-refractivity contribution in [2.45, 2.75) is 6.11 Å². The van der Waals surface area contributed by atoms with Gasteiger partial charge in [0.2, 0.25) is 0 Å². The second-order valence-corrected chi connectivity index (χ2v) is 9.03. The van der Waals surface area contributed by atoms with E-state index in [0.29, 0.717) is 40.5 Å². The second kappa shape index (κ2) is 9.28. The Labute approximate surface area is 212 Å². The van der Waals surface area contributed by atoms with E-state index in [4.69, 9.17) is 0 Å². The third kappa shape index (κ3) is 4.62. The number of alkyl halides is 2. The van der Waals surface area contributed by atoms with Gasteiger partial charge in [-0.3, -0.25) is 0 Å². The molecule has 194 valence electrons. The summed E-state index contributed by atoms with van der Waals surface area (Å²) in [4.78, 5) is 4.17. The molecule has 0 atom stereocenters. The zero-order valence-electron chi connectivity index (χ0n) is 18.5. The van der Waals surface area contributed by atoms with Crippen LogP contribution in [0.4, 0.5) is 35.1 Å². The molecule has 12 heteroatoms. The minimum absolute atomic E-state index is 0.0568. The Morgan fingerprint density at radius 1 is 0.711 bits per heavy atom. The van der Waals surface area contributed by atoms with Crippen molar-refractivity contribution in [1.82, 2.24) is 4.98 Å². The van der Waals surface area contributed by atoms with E-state index in [1.54, 1.807) is 0 Å². The number of fused-ring (bicyclic) bond motifs is 1. The van der Waals surface area contributed by atoms with Gasteiger partial charge in [0.25, 0.3) is 0 Å². The number of phenols is 1. The lowest BCUT2D eigenvalue weighted by atomic mass is 10.0. The van der Waals surface area contributed by atoms with Crippen molar-refractivity contribution in [3.63, 3.8) is 0 Å². The molecule has 0 saturated heterocycles. The molecule has 3 nitrogen and oxygen atoms in total. The van der Waals surface area contributed by atoms with Crippen LogP contribution in [0.25, 0.3) is 31.9 Å². The van der Waals surface area contributed by atoms with Gasteiger partial charge in [-0.25, -0.2) is 31.3 Å². The Morgan fingerprint density at radius 3 is 1.97 bits per heavy atom. The molecule has 0 spiro atoms. The molecule has 5 aromatic rings. The Bertz CT molecular complexity index is 1670. The molecule has 38 heavy (non-hydrogen) atoms. The summed E-state index contributed by atoms with van der Waals surface area (Å²) in [5.74, 6) is -10.5. The molecule has 4 aromatic carbocycles. The molecule has 0 aliphatic rings. The highest BCUT2D eigenvalue weighted by Crippen LogP contribution is 2.39. The Balaban J connectivity index is 1.44. The van der Waals surface area contributed by atoms with E-state index in [0.717, 1.165) is 23.5 Å². The smallest absolute Gasteiger partial charge is 0.432 e. The lowest BCUT2D eigenvalue weighted by Crippen LogP contribution is -2.25. The van der Waals surface area contributed by atoms with Gasteiger partial charge in [0.05, 0.1) is 10.2 Å². The number of ether oxygens (including phenoxy) is 1. The molecule has 0 aliphatic heterocycles. The van der Waals surface area contributed by atoms with Gasteiger partial charge in [-0.2, -0.15) is 8.78 Å². The van der Waals surface area contributed by atoms with Gasteiger partial charge in [0.15, 0.2) is 17.5 Å². The van der Waals surface area contributed by atoms with Crippen molar-refractivity contribution in [1.29, 1.82) is 0 Å². The van der Waals surface area contributed by atoms with Gasteiger partial charge in [0.1, 0.15) is 39.5 Å². The average Bonchev–Trinajstić information content (AvgIpc) is 3.24. The standard InChI is InChI=1S/C26H11F8NO2S/c27-16-10-14(2-3-15(16)11-5-19(30)24(32)20(31)6-11)37-26(33,34)23-17(28)7-12(8-18(23)29)25-35-21-4-1-13(36)9-22(21)38-25/h1-10,36H. The molecule has 1 aromatic heterocycles. The minimum atomic E-state index is -4.60. The molecule has 0 unspecified atom stereocenters. The number of halogens is 8. The van der Waals surface area contributed by atoms with Crippen LogP contribution in [0.3, 0.4) is 0 Å². The number of aromatic hydroxyl groups is 1. The zero-order valence-corrected chi connectivity index (χ0v) is 19.3. The molecular formula is C26H11F8NO2S. The van der Waals surface area contributed by atoms with Crippen molar-refractivity contribution in [3.8, 4) is 33.2 Å². The van der Waals surface area contributed by atoms with Crippen molar-refractivity contribution < 1.29 is 45.0 Å². The van der Waals surface area contributed by atoms with Crippen LogP contribution in [-0.2, 0) is 6.11 Å². The molecular weight excluding hydrogens is 542 g/mol. The van der Waals surface area contributed by atoms with Crippen LogP contribution in [0.1, 0.15) is 5.56 Å². The maximum atomic E-state index is 14.8. The summed E-state index contributed by atoms with van der Waals surface area (Å²) in [6.07, 6.45) is -4.60. The minimum Gasteiger partial charge on any atom is -0.508 e. The summed E-state index contributed by atoms with van der Waals surface area (Å²) in [6, 6.07) is 8.53. The van der Waals surface area contributed by atoms with E-state index < -0.39 is 63.5 Å². The first kappa shape index (κ1) is 25.5. The number of rotatable bonds is 5. The van der Waals surface area contributed by atoms with E-state index in [-0.39, 0.29) is 16.3 Å². The Hall–Kier alpha value is -4.19.